The van der Waals surface area contributed by atoms with Gasteiger partial charge in [-0.3, -0.25) is 34.9 Å². The van der Waals surface area contributed by atoms with Crippen molar-refractivity contribution < 1.29 is 27.7 Å². The van der Waals surface area contributed by atoms with E-state index in [1.54, 1.807) is 42.4 Å². The predicted octanol–water partition coefficient (Wildman–Crippen LogP) is 6.22. The van der Waals surface area contributed by atoms with Gasteiger partial charge in [0.2, 0.25) is 0 Å². The maximum Gasteiger partial charge on any atom is 0.293 e. The van der Waals surface area contributed by atoms with Crippen LogP contribution in [0.25, 0.3) is 10.2 Å². The molecule has 2 aliphatic heterocycles. The van der Waals surface area contributed by atoms with Gasteiger partial charge in [0.05, 0.1) is 33.9 Å². The molecular formula is C42H41N9O7S3. The minimum Gasteiger partial charge on any atom is -0.379 e. The Bertz CT molecular complexity index is 2640. The standard InChI is InChI=1S/C42H41N9O7S3/c52-40(47-42-46-36-25-43-17-14-38(36)60-42)32-9-4-6-28-15-19-50(26-33(28)32)39-11-5-10-35(45-39)41(53)48-61(56,57)31-12-13-34(37(24-31)51(54)55)44-29(16-18-49-20-22-58-23-21-49)27-59-30-7-2-1-3-8-30/h1-14,17,24-25,29,44H,15-16,18-23,26-27H2,(H,48,53)(H,46,47,52)/t29-/m1/s1. The van der Waals surface area contributed by atoms with E-state index in [4.69, 9.17) is 4.74 Å². The third-order valence-electron chi connectivity index (χ3n) is 10.4. The molecule has 3 N–H and O–H groups in total. The molecule has 19 heteroatoms. The average molecular weight is 880 g/mol. The summed E-state index contributed by atoms with van der Waals surface area (Å²) in [6.45, 7) is 4.50. The van der Waals surface area contributed by atoms with Gasteiger partial charge in [0.15, 0.2) is 5.13 Å². The van der Waals surface area contributed by atoms with Crippen LogP contribution in [-0.2, 0) is 27.7 Å². The average Bonchev–Trinajstić information content (AvgIpc) is 3.69. The number of rotatable bonds is 15. The molecule has 0 aliphatic carbocycles. The summed E-state index contributed by atoms with van der Waals surface area (Å²) in [7, 11) is -4.57. The fourth-order valence-electron chi connectivity index (χ4n) is 7.19. The van der Waals surface area contributed by atoms with Gasteiger partial charge >= 0.3 is 0 Å². The summed E-state index contributed by atoms with van der Waals surface area (Å²) in [5.74, 6) is -0.301. The van der Waals surface area contributed by atoms with Crippen LogP contribution in [0.3, 0.4) is 0 Å². The summed E-state index contributed by atoms with van der Waals surface area (Å²) in [6.07, 6.45) is 4.59. The van der Waals surface area contributed by atoms with Crippen molar-refractivity contribution >= 4 is 77.5 Å². The second kappa shape index (κ2) is 18.7. The van der Waals surface area contributed by atoms with E-state index in [0.29, 0.717) is 66.9 Å². The van der Waals surface area contributed by atoms with Crippen molar-refractivity contribution in [3.8, 4) is 0 Å². The zero-order valence-electron chi connectivity index (χ0n) is 32.7. The second-order valence-corrected chi connectivity index (χ2v) is 18.2. The smallest absolute Gasteiger partial charge is 0.293 e. The molecule has 3 aromatic carbocycles. The van der Waals surface area contributed by atoms with Crippen molar-refractivity contribution in [3.63, 3.8) is 0 Å². The number of nitro groups is 1. The number of carbonyl (C=O) groups excluding carboxylic acids is 2. The summed E-state index contributed by atoms with van der Waals surface area (Å²) in [5.41, 5.74) is 2.52. The Kier molecular flexibility index (Phi) is 12.8. The molecule has 0 radical (unpaired) electrons. The van der Waals surface area contributed by atoms with Gasteiger partial charge in [-0.25, -0.2) is 23.1 Å². The Morgan fingerprint density at radius 1 is 0.951 bits per heavy atom. The maximum atomic E-state index is 13.6. The molecule has 2 aliphatic rings. The van der Waals surface area contributed by atoms with Crippen LogP contribution in [-0.4, -0.2) is 96.2 Å². The van der Waals surface area contributed by atoms with Crippen molar-refractivity contribution in [1.82, 2.24) is 24.6 Å². The summed E-state index contributed by atoms with van der Waals surface area (Å²) in [6, 6.07) is 25.3. The van der Waals surface area contributed by atoms with Crippen molar-refractivity contribution in [1.29, 1.82) is 0 Å². The lowest BCUT2D eigenvalue weighted by Gasteiger charge is -2.31. The molecule has 6 aromatic rings. The zero-order valence-corrected chi connectivity index (χ0v) is 35.2. The number of pyridine rings is 2. The van der Waals surface area contributed by atoms with Crippen molar-refractivity contribution in [2.75, 3.05) is 60.7 Å². The van der Waals surface area contributed by atoms with Gasteiger partial charge in [0.1, 0.15) is 22.7 Å². The molecule has 2 amide bonds. The monoisotopic (exact) mass is 879 g/mol. The second-order valence-electron chi connectivity index (χ2n) is 14.4. The number of amides is 2. The quantitative estimate of drug-likeness (QED) is 0.0596. The first-order chi connectivity index (χ1) is 29.6. The first-order valence-corrected chi connectivity index (χ1v) is 22.8. The number of ether oxygens (including phenoxy) is 1. The number of nitrogens with one attached hydrogen (secondary N) is 3. The van der Waals surface area contributed by atoms with E-state index < -0.39 is 31.4 Å². The number of thiazole rings is 1. The van der Waals surface area contributed by atoms with Gasteiger partial charge in [-0.2, -0.15) is 0 Å². The normalized spacial score (nSPS) is 14.9. The topological polar surface area (TPSA) is 202 Å². The summed E-state index contributed by atoms with van der Waals surface area (Å²) >= 11 is 2.97. The lowest BCUT2D eigenvalue weighted by Crippen LogP contribution is -2.39. The van der Waals surface area contributed by atoms with Crippen molar-refractivity contribution in [2.24, 2.45) is 0 Å². The third-order valence-corrected chi connectivity index (χ3v) is 13.8. The minimum absolute atomic E-state index is 0.170. The van der Waals surface area contributed by atoms with E-state index in [9.17, 15) is 28.1 Å². The van der Waals surface area contributed by atoms with Crippen LogP contribution in [0.2, 0.25) is 0 Å². The molecule has 314 valence electrons. The fraction of sp³-hybridized carbons (Fsp3) is 0.262. The highest BCUT2D eigenvalue weighted by Crippen LogP contribution is 2.32. The Morgan fingerprint density at radius 3 is 2.57 bits per heavy atom. The number of aromatic nitrogens is 3. The van der Waals surface area contributed by atoms with E-state index in [2.05, 4.69) is 30.5 Å². The van der Waals surface area contributed by atoms with E-state index in [-0.39, 0.29) is 23.3 Å². The van der Waals surface area contributed by atoms with Gasteiger partial charge in [0.25, 0.3) is 27.5 Å². The molecular weight excluding hydrogens is 839 g/mol. The summed E-state index contributed by atoms with van der Waals surface area (Å²) < 4.78 is 35.6. The molecule has 0 bridgehead atoms. The van der Waals surface area contributed by atoms with Crippen LogP contribution in [0.15, 0.2) is 113 Å². The number of anilines is 3. The molecule has 0 unspecified atom stereocenters. The number of hydrogen-bond donors (Lipinski definition) is 3. The first-order valence-electron chi connectivity index (χ1n) is 19.5. The van der Waals surface area contributed by atoms with E-state index in [0.717, 1.165) is 46.4 Å². The number of hydrogen-bond acceptors (Lipinski definition) is 15. The number of benzene rings is 3. The van der Waals surface area contributed by atoms with Gasteiger partial charge in [-0.05, 0) is 72.5 Å². The molecule has 16 nitrogen and oxygen atoms in total. The molecule has 1 saturated heterocycles. The van der Waals surface area contributed by atoms with Gasteiger partial charge in [-0.15, -0.1) is 11.8 Å². The van der Waals surface area contributed by atoms with Gasteiger partial charge in [0, 0.05) is 67.2 Å². The van der Waals surface area contributed by atoms with Crippen LogP contribution in [0.1, 0.15) is 38.4 Å². The molecule has 61 heavy (non-hydrogen) atoms. The Morgan fingerprint density at radius 2 is 1.77 bits per heavy atom. The summed E-state index contributed by atoms with van der Waals surface area (Å²) in [5, 5.41) is 19.0. The van der Waals surface area contributed by atoms with E-state index >= 15 is 0 Å². The highest BCUT2D eigenvalue weighted by molar-refractivity contribution is 7.99. The molecule has 3 aromatic heterocycles. The maximum absolute atomic E-state index is 13.6. The first kappa shape index (κ1) is 41.7. The zero-order chi connectivity index (χ0) is 42.3. The number of thioether (sulfide) groups is 1. The van der Waals surface area contributed by atoms with Crippen LogP contribution in [0.5, 0.6) is 0 Å². The number of morpholine rings is 1. The van der Waals surface area contributed by atoms with E-state index in [1.807, 2.05) is 58.2 Å². The van der Waals surface area contributed by atoms with Gasteiger partial charge < -0.3 is 15.0 Å². The van der Waals surface area contributed by atoms with Crippen LogP contribution >= 0.6 is 23.1 Å². The number of nitrogens with zero attached hydrogens (tertiary/aromatic N) is 6. The van der Waals surface area contributed by atoms with Crippen molar-refractivity contribution in [2.45, 2.75) is 35.2 Å². The predicted molar refractivity (Wildman–Crippen MR) is 235 cm³/mol. The lowest BCUT2D eigenvalue weighted by molar-refractivity contribution is -0.384. The van der Waals surface area contributed by atoms with Crippen molar-refractivity contribution in [3.05, 3.63) is 136 Å². The number of sulfonamides is 1. The highest BCUT2D eigenvalue weighted by Gasteiger charge is 2.28. The Balaban J connectivity index is 0.950. The fourth-order valence-corrected chi connectivity index (χ4v) is 9.99. The highest BCUT2D eigenvalue weighted by atomic mass is 32.2. The largest absolute Gasteiger partial charge is 0.379 e. The molecule has 0 spiro atoms. The third kappa shape index (κ3) is 10.1. The number of nitro benzene ring substituents is 1. The number of carbonyl (C=O) groups is 2. The summed E-state index contributed by atoms with van der Waals surface area (Å²) in [4.78, 5) is 56.6. The Hall–Kier alpha value is -5.99. The SMILES string of the molecule is O=C(NS(=O)(=O)c1ccc(N[C@H](CCN2CCOCC2)CSc2ccccc2)c([N+](=O)[O-])c1)c1cccc(N2CCc3cccc(C(=O)Nc4nc5cnccc5s4)c3C2)n1. The van der Waals surface area contributed by atoms with Crippen LogP contribution in [0, 0.1) is 10.1 Å². The van der Waals surface area contributed by atoms with E-state index in [1.165, 1.54) is 29.5 Å². The van der Waals surface area contributed by atoms with Crippen LogP contribution < -0.4 is 20.3 Å². The minimum atomic E-state index is -4.57. The lowest BCUT2D eigenvalue weighted by atomic mass is 9.94. The van der Waals surface area contributed by atoms with Crippen LogP contribution in [0.4, 0.5) is 22.3 Å². The molecule has 5 heterocycles. The molecule has 1 atom stereocenters. The Labute approximate surface area is 360 Å². The van der Waals surface area contributed by atoms with Gasteiger partial charge in [-0.1, -0.05) is 47.7 Å². The molecule has 1 fully saturated rings. The molecule has 8 rings (SSSR count). The number of fused-ring (bicyclic) bond motifs is 2. The molecule has 0 saturated carbocycles.